The van der Waals surface area contributed by atoms with Crippen molar-refractivity contribution in [3.05, 3.63) is 0 Å². The minimum Gasteiger partial charge on any atom is -0.480 e. The molecule has 1 atom stereocenters. The molecule has 30 heavy (non-hydrogen) atoms. The van der Waals surface area contributed by atoms with Crippen LogP contribution < -0.4 is 5.32 Å². The van der Waals surface area contributed by atoms with Gasteiger partial charge >= 0.3 is 5.97 Å². The number of carboxylic acids is 1. The van der Waals surface area contributed by atoms with Crippen molar-refractivity contribution in [3.8, 4) is 0 Å². The Hall–Kier alpha value is -1.06. The van der Waals surface area contributed by atoms with Gasteiger partial charge in [0, 0.05) is 5.41 Å². The second-order valence-electron chi connectivity index (χ2n) is 10.2. The maximum Gasteiger partial charge on any atom is 0.326 e. The van der Waals surface area contributed by atoms with Gasteiger partial charge in [0.15, 0.2) is 0 Å². The van der Waals surface area contributed by atoms with Crippen LogP contribution in [0.1, 0.15) is 137 Å². The van der Waals surface area contributed by atoms with Gasteiger partial charge in [-0.3, -0.25) is 4.79 Å². The first-order chi connectivity index (χ1) is 14.2. The van der Waals surface area contributed by atoms with Gasteiger partial charge in [-0.1, -0.05) is 125 Å². The number of unbranched alkanes of at least 4 members (excludes halogenated alkanes) is 13. The summed E-state index contributed by atoms with van der Waals surface area (Å²) in [6.45, 7) is 10.1. The molecule has 0 aliphatic rings. The van der Waals surface area contributed by atoms with Gasteiger partial charge in [-0.25, -0.2) is 4.79 Å². The monoisotopic (exact) mass is 425 g/mol. The molecule has 4 nitrogen and oxygen atoms in total. The van der Waals surface area contributed by atoms with E-state index in [1.807, 2.05) is 27.7 Å². The lowest BCUT2D eigenvalue weighted by Gasteiger charge is -2.26. The Morgan fingerprint density at radius 2 is 1.17 bits per heavy atom. The third kappa shape index (κ3) is 15.7. The Bertz CT molecular complexity index is 446. The number of carbonyl (C=O) groups excluding carboxylic acids is 1. The fourth-order valence-electron chi connectivity index (χ4n) is 3.92. The first-order valence-electron chi connectivity index (χ1n) is 12.7. The standard InChI is InChI=1S/C26H51NO3/c1-6-7-8-9-10-11-12-13-14-15-16-17-18-19-20-26(4,5)25(30)27-23(24(28)29)21-22(2)3/h22-23H,6-21H2,1-5H3,(H,27,30)(H,28,29). The zero-order valence-electron chi connectivity index (χ0n) is 20.7. The number of carbonyl (C=O) groups is 2. The highest BCUT2D eigenvalue weighted by Gasteiger charge is 2.31. The number of hydrogen-bond donors (Lipinski definition) is 2. The molecule has 0 saturated heterocycles. The zero-order chi connectivity index (χ0) is 22.8. The summed E-state index contributed by atoms with van der Waals surface area (Å²) in [4.78, 5) is 23.9. The van der Waals surface area contributed by atoms with Gasteiger partial charge < -0.3 is 10.4 Å². The van der Waals surface area contributed by atoms with Crippen LogP contribution in [0.2, 0.25) is 0 Å². The van der Waals surface area contributed by atoms with E-state index in [9.17, 15) is 14.7 Å². The molecule has 1 unspecified atom stereocenters. The third-order valence-corrected chi connectivity index (χ3v) is 6.08. The lowest BCUT2D eigenvalue weighted by Crippen LogP contribution is -2.47. The molecule has 0 aromatic rings. The van der Waals surface area contributed by atoms with Crippen LogP contribution in [0.15, 0.2) is 0 Å². The largest absolute Gasteiger partial charge is 0.480 e. The molecule has 0 fully saturated rings. The average molecular weight is 426 g/mol. The summed E-state index contributed by atoms with van der Waals surface area (Å²) in [6, 6.07) is -0.784. The molecular weight excluding hydrogens is 374 g/mol. The Balaban J connectivity index is 3.76. The molecule has 4 heteroatoms. The van der Waals surface area contributed by atoms with Crippen LogP contribution in [0.25, 0.3) is 0 Å². The van der Waals surface area contributed by atoms with Crippen molar-refractivity contribution in [3.63, 3.8) is 0 Å². The van der Waals surface area contributed by atoms with Crippen LogP contribution in [0.3, 0.4) is 0 Å². The van der Waals surface area contributed by atoms with Crippen LogP contribution in [-0.4, -0.2) is 23.0 Å². The molecule has 0 aromatic carbocycles. The van der Waals surface area contributed by atoms with E-state index in [0.717, 1.165) is 19.3 Å². The summed E-state index contributed by atoms with van der Waals surface area (Å²) in [5, 5.41) is 12.1. The van der Waals surface area contributed by atoms with E-state index in [2.05, 4.69) is 12.2 Å². The Labute approximate surface area is 187 Å². The summed E-state index contributed by atoms with van der Waals surface area (Å²) in [6.07, 6.45) is 19.8. The SMILES string of the molecule is CCCCCCCCCCCCCCCCC(C)(C)C(=O)NC(CC(C)C)C(=O)O. The lowest BCUT2D eigenvalue weighted by molar-refractivity contribution is -0.144. The van der Waals surface area contributed by atoms with Crippen molar-refractivity contribution in [2.75, 3.05) is 0 Å². The van der Waals surface area contributed by atoms with Gasteiger partial charge in [0.25, 0.3) is 0 Å². The van der Waals surface area contributed by atoms with Crippen molar-refractivity contribution in [1.82, 2.24) is 5.32 Å². The topological polar surface area (TPSA) is 66.4 Å². The van der Waals surface area contributed by atoms with Gasteiger partial charge in [0.1, 0.15) is 6.04 Å². The molecule has 1 amide bonds. The molecule has 0 aromatic heterocycles. The first kappa shape index (κ1) is 28.9. The van der Waals surface area contributed by atoms with Crippen LogP contribution in [-0.2, 0) is 9.59 Å². The number of rotatable bonds is 20. The number of amides is 1. The highest BCUT2D eigenvalue weighted by molar-refractivity contribution is 5.86. The van der Waals surface area contributed by atoms with Crippen molar-refractivity contribution in [2.45, 2.75) is 143 Å². The molecule has 0 spiro atoms. The smallest absolute Gasteiger partial charge is 0.326 e. The Kier molecular flexibility index (Phi) is 17.0. The van der Waals surface area contributed by atoms with Crippen LogP contribution in [0.5, 0.6) is 0 Å². The van der Waals surface area contributed by atoms with Gasteiger partial charge in [0.2, 0.25) is 5.91 Å². The second-order valence-corrected chi connectivity index (χ2v) is 10.2. The third-order valence-electron chi connectivity index (χ3n) is 6.08. The fraction of sp³-hybridized carbons (Fsp3) is 0.923. The molecular formula is C26H51NO3. The fourth-order valence-corrected chi connectivity index (χ4v) is 3.92. The predicted molar refractivity (Wildman–Crippen MR) is 128 cm³/mol. The summed E-state index contributed by atoms with van der Waals surface area (Å²) in [5.41, 5.74) is -0.512. The quantitative estimate of drug-likeness (QED) is 0.198. The summed E-state index contributed by atoms with van der Waals surface area (Å²) < 4.78 is 0. The highest BCUT2D eigenvalue weighted by Crippen LogP contribution is 2.25. The Morgan fingerprint density at radius 1 is 0.767 bits per heavy atom. The molecule has 0 bridgehead atoms. The van der Waals surface area contributed by atoms with Crippen LogP contribution >= 0.6 is 0 Å². The van der Waals surface area contributed by atoms with E-state index >= 15 is 0 Å². The molecule has 0 aliphatic carbocycles. The van der Waals surface area contributed by atoms with E-state index in [1.165, 1.54) is 77.0 Å². The van der Waals surface area contributed by atoms with Gasteiger partial charge in [-0.05, 0) is 18.8 Å². The van der Waals surface area contributed by atoms with E-state index in [4.69, 9.17) is 0 Å². The highest BCUT2D eigenvalue weighted by atomic mass is 16.4. The average Bonchev–Trinajstić information content (AvgIpc) is 2.67. The summed E-state index contributed by atoms with van der Waals surface area (Å²) in [7, 11) is 0. The minimum absolute atomic E-state index is 0.134. The van der Waals surface area contributed by atoms with Gasteiger partial charge in [0.05, 0.1) is 0 Å². The van der Waals surface area contributed by atoms with Crippen molar-refractivity contribution in [1.29, 1.82) is 0 Å². The van der Waals surface area contributed by atoms with E-state index in [0.29, 0.717) is 6.42 Å². The van der Waals surface area contributed by atoms with E-state index in [1.54, 1.807) is 0 Å². The van der Waals surface area contributed by atoms with Crippen molar-refractivity contribution < 1.29 is 14.7 Å². The second kappa shape index (κ2) is 17.6. The van der Waals surface area contributed by atoms with Gasteiger partial charge in [-0.15, -0.1) is 0 Å². The maximum atomic E-state index is 12.6. The maximum absolute atomic E-state index is 12.6. The summed E-state index contributed by atoms with van der Waals surface area (Å²) in [5.74, 6) is -0.838. The molecule has 0 radical (unpaired) electrons. The van der Waals surface area contributed by atoms with Crippen LogP contribution in [0.4, 0.5) is 0 Å². The van der Waals surface area contributed by atoms with Crippen molar-refractivity contribution >= 4 is 11.9 Å². The molecule has 178 valence electrons. The molecule has 0 aliphatic heterocycles. The minimum atomic E-state index is -0.940. The molecule has 0 saturated carbocycles. The number of carboxylic acid groups (broad SMARTS) is 1. The number of aliphatic carboxylic acids is 1. The molecule has 0 heterocycles. The van der Waals surface area contributed by atoms with Gasteiger partial charge in [-0.2, -0.15) is 0 Å². The zero-order valence-corrected chi connectivity index (χ0v) is 20.7. The summed E-state index contributed by atoms with van der Waals surface area (Å²) >= 11 is 0. The predicted octanol–water partition coefficient (Wildman–Crippen LogP) is 7.50. The van der Waals surface area contributed by atoms with E-state index in [-0.39, 0.29) is 11.8 Å². The lowest BCUT2D eigenvalue weighted by atomic mass is 9.85. The van der Waals surface area contributed by atoms with Crippen molar-refractivity contribution in [2.24, 2.45) is 11.3 Å². The molecule has 2 N–H and O–H groups in total. The first-order valence-corrected chi connectivity index (χ1v) is 12.7. The number of hydrogen-bond acceptors (Lipinski definition) is 2. The van der Waals surface area contributed by atoms with E-state index < -0.39 is 17.4 Å². The van der Waals surface area contributed by atoms with Crippen LogP contribution in [0, 0.1) is 11.3 Å². The molecule has 0 rings (SSSR count). The normalized spacial score (nSPS) is 12.9. The Morgan fingerprint density at radius 3 is 1.53 bits per heavy atom. The number of nitrogens with one attached hydrogen (secondary N) is 1.